The number of oxime groups is 1. The molecule has 11 heavy (non-hydrogen) atoms. The lowest BCUT2D eigenvalue weighted by Gasteiger charge is -2.40. The first-order valence-electron chi connectivity index (χ1n) is 2.66. The van der Waals surface area contributed by atoms with Crippen molar-refractivity contribution in [3.05, 3.63) is 0 Å². The third-order valence-corrected chi connectivity index (χ3v) is 1.25. The molecular weight excluding hydrogens is 134 g/mol. The van der Waals surface area contributed by atoms with Crippen molar-refractivity contribution < 1.29 is 5.21 Å². The molecule has 0 aliphatic rings. The lowest BCUT2D eigenvalue weighted by Crippen LogP contribution is -2.43. The smallest absolute Gasteiger partial charge is 0.126 e. The Morgan fingerprint density at radius 2 is 1.55 bits per heavy atom. The number of hydrogen-bond donors (Lipinski definition) is 2. The van der Waals surface area contributed by atoms with Gasteiger partial charge in [0, 0.05) is 0 Å². The van der Waals surface area contributed by atoms with E-state index in [1.54, 1.807) is 0 Å². The molecule has 0 aliphatic carbocycles. The first-order chi connectivity index (χ1) is 4.73. The lowest BCUT2D eigenvalue weighted by atomic mass is 9.23. The molecule has 0 aliphatic heterocycles. The molecule has 0 unspecified atom stereocenters. The Balaban J connectivity index is 4.74. The second-order valence-electron chi connectivity index (χ2n) is 2.29. The van der Waals surface area contributed by atoms with Crippen LogP contribution in [0, 0.1) is 0 Å². The summed E-state index contributed by atoms with van der Waals surface area (Å²) < 4.78 is 0. The summed E-state index contributed by atoms with van der Waals surface area (Å²) in [7, 11) is 25.8. The Bertz CT molecular complexity index is 173. The normalized spacial score (nSPS) is 14.7. The Hall–Kier alpha value is -0.405. The molecule has 0 aromatic heterocycles. The molecule has 0 aromatic rings. The predicted octanol–water partition coefficient (Wildman–Crippen LogP) is -2.23. The van der Waals surface area contributed by atoms with E-state index in [0.29, 0.717) is 0 Å². The van der Waals surface area contributed by atoms with Crippen LogP contribution in [0.2, 0.25) is 10.3 Å². The minimum absolute atomic E-state index is 0.537. The fourth-order valence-corrected chi connectivity index (χ4v) is 0.305. The maximum atomic E-state index is 8.17. The highest BCUT2D eigenvalue weighted by Gasteiger charge is 2.33. The third kappa shape index (κ3) is 2.01. The molecule has 0 atom stereocenters. The van der Waals surface area contributed by atoms with E-state index < -0.39 is 16.2 Å². The number of rotatable bonds is 2. The fourth-order valence-electron chi connectivity index (χ4n) is 0.305. The van der Waals surface area contributed by atoms with E-state index in [0.717, 1.165) is 0 Å². The van der Waals surface area contributed by atoms with Crippen molar-refractivity contribution in [3.8, 4) is 0 Å². The van der Waals surface area contributed by atoms with Crippen molar-refractivity contribution in [1.29, 1.82) is 0 Å². The van der Waals surface area contributed by atoms with E-state index in [1.807, 2.05) is 0 Å². The van der Waals surface area contributed by atoms with Crippen molar-refractivity contribution in [1.82, 2.24) is 0 Å². The van der Waals surface area contributed by atoms with E-state index in [9.17, 15) is 0 Å². The van der Waals surface area contributed by atoms with Crippen LogP contribution >= 0.6 is 0 Å². The molecule has 0 fully saturated rings. The van der Waals surface area contributed by atoms with Crippen molar-refractivity contribution >= 4 is 45.1 Å². The zero-order chi connectivity index (χ0) is 9.28. The minimum Gasteiger partial charge on any atom is -0.409 e. The van der Waals surface area contributed by atoms with E-state index in [1.165, 1.54) is 0 Å². The highest BCUT2D eigenvalue weighted by Crippen LogP contribution is 2.37. The second-order valence-corrected chi connectivity index (χ2v) is 2.29. The fraction of sp³-hybridized carbons (Fsp3) is 0.667. The van der Waals surface area contributed by atoms with Crippen LogP contribution in [0.3, 0.4) is 0 Å². The van der Waals surface area contributed by atoms with Gasteiger partial charge >= 0.3 is 0 Å². The van der Waals surface area contributed by atoms with Crippen LogP contribution in [0.4, 0.5) is 0 Å². The number of nitrogens with zero attached hydrogens (tertiary/aromatic N) is 1. The first kappa shape index (κ1) is 10.6. The molecule has 0 bridgehead atoms. The van der Waals surface area contributed by atoms with Gasteiger partial charge in [-0.05, 0) is 0 Å². The molecule has 0 rings (SSSR count). The van der Waals surface area contributed by atoms with Crippen LogP contribution in [0.25, 0.3) is 0 Å². The molecule has 10 radical (unpaired) electrons. The third-order valence-electron chi connectivity index (χ3n) is 1.25. The highest BCUT2D eigenvalue weighted by molar-refractivity contribution is 6.71. The first-order valence-corrected chi connectivity index (χ1v) is 2.66. The summed E-state index contributed by atoms with van der Waals surface area (Å²) in [5, 5.41) is 6.82. The van der Waals surface area contributed by atoms with Crippen molar-refractivity contribution in [2.24, 2.45) is 10.9 Å². The zero-order valence-electron chi connectivity index (χ0n) is 5.86. The molecular formula is C3H3B5N2O. The van der Waals surface area contributed by atoms with Gasteiger partial charge in [-0.1, -0.05) is 10.4 Å². The van der Waals surface area contributed by atoms with Crippen LogP contribution in [0.5, 0.6) is 0 Å². The Labute approximate surface area is 72.2 Å². The maximum Gasteiger partial charge on any atom is 0.126 e. The van der Waals surface area contributed by atoms with Gasteiger partial charge < -0.3 is 10.9 Å². The van der Waals surface area contributed by atoms with Gasteiger partial charge in [0.1, 0.15) is 5.84 Å². The summed E-state index contributed by atoms with van der Waals surface area (Å²) in [4.78, 5) is 0. The number of amidine groups is 1. The molecule has 3 nitrogen and oxygen atoms in total. The molecule has 8 heteroatoms. The van der Waals surface area contributed by atoms with Crippen molar-refractivity contribution in [2.75, 3.05) is 0 Å². The highest BCUT2D eigenvalue weighted by atomic mass is 16.4. The van der Waals surface area contributed by atoms with E-state index in [-0.39, 0.29) is 0 Å². The quantitative estimate of drug-likeness (QED) is 0.149. The predicted molar refractivity (Wildman–Crippen MR) is 47.6 cm³/mol. The summed E-state index contributed by atoms with van der Waals surface area (Å²) in [5.41, 5.74) is 5.05. The van der Waals surface area contributed by atoms with E-state index >= 15 is 0 Å². The SMILES string of the molecule is [B]C([B])([B])C([B])([B])/C(N)=N/O. The average molecular weight is 137 g/mol. The van der Waals surface area contributed by atoms with Crippen LogP contribution < -0.4 is 5.73 Å². The summed E-state index contributed by atoms with van der Waals surface area (Å²) in [5.74, 6) is -0.537. The van der Waals surface area contributed by atoms with Gasteiger partial charge in [0.25, 0.3) is 0 Å². The molecule has 0 spiro atoms. The van der Waals surface area contributed by atoms with Crippen LogP contribution in [-0.4, -0.2) is 50.3 Å². The van der Waals surface area contributed by atoms with Gasteiger partial charge in [-0.2, -0.15) is 0 Å². The lowest BCUT2D eigenvalue weighted by molar-refractivity contribution is 0.316. The zero-order valence-corrected chi connectivity index (χ0v) is 5.86. The number of hydrogen-bond acceptors (Lipinski definition) is 2. The van der Waals surface area contributed by atoms with Gasteiger partial charge in [0.05, 0.1) is 39.2 Å². The molecule has 3 N–H and O–H groups in total. The van der Waals surface area contributed by atoms with Crippen molar-refractivity contribution in [3.63, 3.8) is 0 Å². The molecule has 0 saturated carbocycles. The standard InChI is InChI=1S/C3H3B5N2O/c4-2(5,1(9)10-11)3(6,7)8/h11H,(H2,9,10). The van der Waals surface area contributed by atoms with Crippen LogP contribution in [0.1, 0.15) is 0 Å². The van der Waals surface area contributed by atoms with Crippen LogP contribution in [-0.2, 0) is 0 Å². The summed E-state index contributed by atoms with van der Waals surface area (Å²) in [6.07, 6.45) is 0. The number of nitrogens with two attached hydrogens (primary N) is 1. The molecule has 0 saturated heterocycles. The van der Waals surface area contributed by atoms with Gasteiger partial charge in [0.2, 0.25) is 0 Å². The monoisotopic (exact) mass is 138 g/mol. The molecule has 0 heterocycles. The Morgan fingerprint density at radius 3 is 1.64 bits per heavy atom. The van der Waals surface area contributed by atoms with Gasteiger partial charge in [0.15, 0.2) is 0 Å². The molecule has 0 aromatic carbocycles. The van der Waals surface area contributed by atoms with E-state index in [2.05, 4.69) is 5.16 Å². The van der Waals surface area contributed by atoms with Crippen LogP contribution in [0.15, 0.2) is 5.16 Å². The summed E-state index contributed by atoms with van der Waals surface area (Å²) in [6, 6.07) is 0. The second kappa shape index (κ2) is 2.91. The topological polar surface area (TPSA) is 58.6 Å². The summed E-state index contributed by atoms with van der Waals surface area (Å²) >= 11 is 0. The van der Waals surface area contributed by atoms with E-state index in [4.69, 9.17) is 50.2 Å². The van der Waals surface area contributed by atoms with Gasteiger partial charge in [-0.15, -0.1) is 5.11 Å². The Kier molecular flexibility index (Phi) is 2.81. The van der Waals surface area contributed by atoms with Crippen molar-refractivity contribution in [2.45, 2.75) is 10.3 Å². The van der Waals surface area contributed by atoms with Gasteiger partial charge in [-0.3, -0.25) is 0 Å². The average Bonchev–Trinajstić information content (AvgIpc) is 1.83. The molecule has 46 valence electrons. The molecule has 0 amide bonds. The Morgan fingerprint density at radius 1 is 1.18 bits per heavy atom. The summed E-state index contributed by atoms with van der Waals surface area (Å²) in [6.45, 7) is 0. The van der Waals surface area contributed by atoms with Gasteiger partial charge in [-0.25, -0.2) is 0 Å². The largest absolute Gasteiger partial charge is 0.409 e. The minimum atomic E-state index is -1.94. The maximum absolute atomic E-state index is 8.17.